The fourth-order valence-corrected chi connectivity index (χ4v) is 3.28. The molecule has 0 radical (unpaired) electrons. The molecule has 0 saturated carbocycles. The Labute approximate surface area is 163 Å². The lowest BCUT2D eigenvalue weighted by atomic mass is 9.93. The zero-order chi connectivity index (χ0) is 18.2. The van der Waals surface area contributed by atoms with Gasteiger partial charge in [0.25, 0.3) is 0 Å². The van der Waals surface area contributed by atoms with Gasteiger partial charge in [-0.15, -0.1) is 12.4 Å². The summed E-state index contributed by atoms with van der Waals surface area (Å²) in [5.74, 6) is 0.826. The zero-order valence-electron chi connectivity index (χ0n) is 16.1. The number of rotatable bonds is 7. The molecule has 1 aromatic carbocycles. The molecule has 0 atom stereocenters. The Bertz CT molecular complexity index is 569. The molecule has 1 aromatic rings. The number of halogens is 1. The fraction of sp³-hybridized carbons (Fsp3) is 0.600. The predicted molar refractivity (Wildman–Crippen MR) is 109 cm³/mol. The minimum Gasteiger partial charge on any atom is -0.336 e. The van der Waals surface area contributed by atoms with E-state index in [0.717, 1.165) is 30.8 Å². The van der Waals surface area contributed by atoms with E-state index >= 15 is 0 Å². The first-order valence-electron chi connectivity index (χ1n) is 9.32. The standard InChI is InChI=1S/C20H31N3O2.ClH/c1-15(2)23(16(3)24)14-18-4-7-19(8-5-18)22-20(25)9-6-17-10-12-21-13-11-17;/h4-5,7-8,15,17,21H,6,9-14H2,1-3H3,(H,22,25);1H. The van der Waals surface area contributed by atoms with Crippen molar-refractivity contribution in [2.24, 2.45) is 5.92 Å². The normalized spacial score (nSPS) is 14.6. The highest BCUT2D eigenvalue weighted by atomic mass is 35.5. The van der Waals surface area contributed by atoms with Crippen molar-refractivity contribution in [2.45, 2.75) is 59.0 Å². The fourth-order valence-electron chi connectivity index (χ4n) is 3.28. The van der Waals surface area contributed by atoms with Gasteiger partial charge >= 0.3 is 0 Å². The van der Waals surface area contributed by atoms with Crippen molar-refractivity contribution >= 4 is 29.9 Å². The van der Waals surface area contributed by atoms with E-state index < -0.39 is 0 Å². The Morgan fingerprint density at radius 3 is 2.35 bits per heavy atom. The molecule has 0 unspecified atom stereocenters. The molecule has 1 fully saturated rings. The monoisotopic (exact) mass is 381 g/mol. The second-order valence-corrected chi connectivity index (χ2v) is 7.22. The third kappa shape index (κ3) is 7.34. The number of anilines is 1. The van der Waals surface area contributed by atoms with Crippen LogP contribution in [-0.4, -0.2) is 35.8 Å². The largest absolute Gasteiger partial charge is 0.336 e. The summed E-state index contributed by atoms with van der Waals surface area (Å²) >= 11 is 0. The Kier molecular flexibility index (Phi) is 9.66. The summed E-state index contributed by atoms with van der Waals surface area (Å²) < 4.78 is 0. The molecule has 5 nitrogen and oxygen atoms in total. The van der Waals surface area contributed by atoms with Gasteiger partial charge in [0.1, 0.15) is 0 Å². The maximum atomic E-state index is 12.1. The van der Waals surface area contributed by atoms with Crippen LogP contribution in [0.25, 0.3) is 0 Å². The molecular weight excluding hydrogens is 350 g/mol. The van der Waals surface area contributed by atoms with Gasteiger partial charge in [-0.25, -0.2) is 0 Å². The summed E-state index contributed by atoms with van der Waals surface area (Å²) in [7, 11) is 0. The van der Waals surface area contributed by atoms with Crippen LogP contribution < -0.4 is 10.6 Å². The second-order valence-electron chi connectivity index (χ2n) is 7.22. The Morgan fingerprint density at radius 1 is 1.19 bits per heavy atom. The zero-order valence-corrected chi connectivity index (χ0v) is 16.9. The molecule has 2 N–H and O–H groups in total. The first-order valence-corrected chi connectivity index (χ1v) is 9.32. The number of hydrogen-bond donors (Lipinski definition) is 2. The van der Waals surface area contributed by atoms with Crippen LogP contribution in [0.5, 0.6) is 0 Å². The molecule has 0 bridgehead atoms. The summed E-state index contributed by atoms with van der Waals surface area (Å²) in [4.78, 5) is 25.6. The van der Waals surface area contributed by atoms with Crippen molar-refractivity contribution in [3.63, 3.8) is 0 Å². The van der Waals surface area contributed by atoms with Crippen molar-refractivity contribution in [1.82, 2.24) is 10.2 Å². The Hall–Kier alpha value is -1.59. The maximum absolute atomic E-state index is 12.1. The van der Waals surface area contributed by atoms with Gasteiger partial charge in [-0.1, -0.05) is 12.1 Å². The summed E-state index contributed by atoms with van der Waals surface area (Å²) in [6.45, 7) is 8.35. The minimum absolute atomic E-state index is 0. The van der Waals surface area contributed by atoms with Crippen molar-refractivity contribution in [2.75, 3.05) is 18.4 Å². The van der Waals surface area contributed by atoms with Crippen LogP contribution in [0.2, 0.25) is 0 Å². The van der Waals surface area contributed by atoms with Gasteiger partial charge in [-0.3, -0.25) is 9.59 Å². The predicted octanol–water partition coefficient (Wildman–Crippen LogP) is 3.58. The van der Waals surface area contributed by atoms with E-state index in [2.05, 4.69) is 10.6 Å². The van der Waals surface area contributed by atoms with E-state index in [1.54, 1.807) is 6.92 Å². The molecule has 0 aromatic heterocycles. The minimum atomic E-state index is 0. The van der Waals surface area contributed by atoms with Crippen LogP contribution in [0.15, 0.2) is 24.3 Å². The van der Waals surface area contributed by atoms with Gasteiger partial charge in [0.05, 0.1) is 0 Å². The van der Waals surface area contributed by atoms with Gasteiger partial charge in [0, 0.05) is 31.6 Å². The summed E-state index contributed by atoms with van der Waals surface area (Å²) in [6, 6.07) is 7.95. The summed E-state index contributed by atoms with van der Waals surface area (Å²) in [6.07, 6.45) is 3.89. The van der Waals surface area contributed by atoms with E-state index in [1.165, 1.54) is 12.8 Å². The molecule has 2 amide bonds. The molecular formula is C20H32ClN3O2. The summed E-state index contributed by atoms with van der Waals surface area (Å²) in [5.41, 5.74) is 1.88. The van der Waals surface area contributed by atoms with E-state index in [4.69, 9.17) is 0 Å². The second kappa shape index (κ2) is 11.2. The maximum Gasteiger partial charge on any atom is 0.224 e. The molecule has 0 spiro atoms. The van der Waals surface area contributed by atoms with Crippen LogP contribution in [0, 0.1) is 5.92 Å². The van der Waals surface area contributed by atoms with E-state index in [0.29, 0.717) is 18.9 Å². The average molecular weight is 382 g/mol. The van der Waals surface area contributed by atoms with Crippen molar-refractivity contribution in [1.29, 1.82) is 0 Å². The number of hydrogen-bond acceptors (Lipinski definition) is 3. The average Bonchev–Trinajstić information content (AvgIpc) is 2.59. The van der Waals surface area contributed by atoms with E-state index in [9.17, 15) is 9.59 Å². The highest BCUT2D eigenvalue weighted by molar-refractivity contribution is 5.90. The molecule has 1 saturated heterocycles. The lowest BCUT2D eigenvalue weighted by molar-refractivity contribution is -0.131. The Morgan fingerprint density at radius 2 is 1.81 bits per heavy atom. The van der Waals surface area contributed by atoms with Gasteiger partial charge in [-0.05, 0) is 69.8 Å². The molecule has 1 heterocycles. The van der Waals surface area contributed by atoms with Crippen LogP contribution in [-0.2, 0) is 16.1 Å². The molecule has 6 heteroatoms. The van der Waals surface area contributed by atoms with Gasteiger partial charge in [0.15, 0.2) is 0 Å². The van der Waals surface area contributed by atoms with Crippen LogP contribution in [0.1, 0.15) is 52.0 Å². The highest BCUT2D eigenvalue weighted by Gasteiger charge is 2.15. The quantitative estimate of drug-likeness (QED) is 0.758. The highest BCUT2D eigenvalue weighted by Crippen LogP contribution is 2.19. The third-order valence-electron chi connectivity index (χ3n) is 4.86. The van der Waals surface area contributed by atoms with Gasteiger partial charge < -0.3 is 15.5 Å². The Balaban J connectivity index is 0.00000338. The number of nitrogens with zero attached hydrogens (tertiary/aromatic N) is 1. The molecule has 146 valence electrons. The SMILES string of the molecule is CC(=O)N(Cc1ccc(NC(=O)CCC2CCNCC2)cc1)C(C)C.Cl. The van der Waals surface area contributed by atoms with Gasteiger partial charge in [0.2, 0.25) is 11.8 Å². The topological polar surface area (TPSA) is 61.4 Å². The lowest BCUT2D eigenvalue weighted by Crippen LogP contribution is -2.34. The first-order chi connectivity index (χ1) is 12.0. The number of benzene rings is 1. The van der Waals surface area contributed by atoms with Crippen molar-refractivity contribution in [3.05, 3.63) is 29.8 Å². The number of amides is 2. The number of carbonyl (C=O) groups is 2. The van der Waals surface area contributed by atoms with E-state index in [-0.39, 0.29) is 30.3 Å². The van der Waals surface area contributed by atoms with Gasteiger partial charge in [-0.2, -0.15) is 0 Å². The van der Waals surface area contributed by atoms with Crippen LogP contribution in [0.4, 0.5) is 5.69 Å². The van der Waals surface area contributed by atoms with Crippen molar-refractivity contribution < 1.29 is 9.59 Å². The summed E-state index contributed by atoms with van der Waals surface area (Å²) in [5, 5.41) is 6.32. The third-order valence-corrected chi connectivity index (χ3v) is 4.86. The lowest BCUT2D eigenvalue weighted by Gasteiger charge is -2.25. The van der Waals surface area contributed by atoms with Crippen LogP contribution >= 0.6 is 12.4 Å². The number of carbonyl (C=O) groups excluding carboxylic acids is 2. The molecule has 26 heavy (non-hydrogen) atoms. The van der Waals surface area contributed by atoms with E-state index in [1.807, 2.05) is 43.0 Å². The molecule has 1 aliphatic rings. The smallest absolute Gasteiger partial charge is 0.224 e. The number of nitrogens with one attached hydrogen (secondary N) is 2. The molecule has 1 aliphatic heterocycles. The molecule has 0 aliphatic carbocycles. The number of piperidine rings is 1. The molecule has 2 rings (SSSR count). The first kappa shape index (κ1) is 22.5. The van der Waals surface area contributed by atoms with Crippen molar-refractivity contribution in [3.8, 4) is 0 Å². The van der Waals surface area contributed by atoms with Crippen LogP contribution in [0.3, 0.4) is 0 Å².